The van der Waals surface area contributed by atoms with Gasteiger partial charge in [0.05, 0.1) is 17.1 Å². The van der Waals surface area contributed by atoms with Crippen molar-refractivity contribution in [3.05, 3.63) is 80.7 Å². The average molecular weight is 415 g/mol. The molecule has 0 fully saturated rings. The zero-order chi connectivity index (χ0) is 20.0. The third kappa shape index (κ3) is 3.30. The van der Waals surface area contributed by atoms with Crippen molar-refractivity contribution in [1.29, 1.82) is 0 Å². The minimum atomic E-state index is -0.984. The molecule has 0 saturated carbocycles. The number of carbonyl (C=O) groups is 1. The van der Waals surface area contributed by atoms with Gasteiger partial charge in [-0.2, -0.15) is 5.10 Å². The van der Waals surface area contributed by atoms with E-state index in [4.69, 9.17) is 11.6 Å². The monoisotopic (exact) mass is 414 g/mol. The van der Waals surface area contributed by atoms with Gasteiger partial charge in [0.25, 0.3) is 0 Å². The summed E-state index contributed by atoms with van der Waals surface area (Å²) in [6.07, 6.45) is 0.563. The molecule has 0 saturated heterocycles. The van der Waals surface area contributed by atoms with Crippen LogP contribution in [0.4, 0.5) is 4.39 Å². The molecule has 7 heteroatoms. The molecule has 0 spiro atoms. The number of aromatic nitrogens is 2. The third-order valence-corrected chi connectivity index (χ3v) is 5.94. The highest BCUT2D eigenvalue weighted by Crippen LogP contribution is 2.33. The van der Waals surface area contributed by atoms with Crippen LogP contribution in [0.2, 0.25) is 5.02 Å². The van der Waals surface area contributed by atoms with Crippen LogP contribution in [0.5, 0.6) is 0 Å². The van der Waals surface area contributed by atoms with Crippen molar-refractivity contribution in [2.45, 2.75) is 20.3 Å². The molecule has 142 valence electrons. The van der Waals surface area contributed by atoms with Gasteiger partial charge in [-0.15, -0.1) is 11.3 Å². The number of carboxylic acid groups (broad SMARTS) is 1. The summed E-state index contributed by atoms with van der Waals surface area (Å²) in [5.41, 5.74) is 2.92. The molecule has 0 amide bonds. The second kappa shape index (κ2) is 7.04. The number of hydrogen-bond donors (Lipinski definition) is 1. The van der Waals surface area contributed by atoms with Crippen LogP contribution in [0.15, 0.2) is 42.5 Å². The van der Waals surface area contributed by atoms with Gasteiger partial charge in [0.2, 0.25) is 0 Å². The second-order valence-electron chi connectivity index (χ2n) is 6.62. The lowest BCUT2D eigenvalue weighted by Gasteiger charge is -2.06. The maximum atomic E-state index is 13.6. The number of halogens is 2. The summed E-state index contributed by atoms with van der Waals surface area (Å²) in [5, 5.41) is 15.2. The molecule has 0 aliphatic carbocycles. The molecule has 0 aliphatic rings. The zero-order valence-corrected chi connectivity index (χ0v) is 16.7. The van der Waals surface area contributed by atoms with E-state index in [0.29, 0.717) is 22.8 Å². The zero-order valence-electron chi connectivity index (χ0n) is 15.2. The van der Waals surface area contributed by atoms with Crippen molar-refractivity contribution in [3.8, 4) is 5.69 Å². The highest BCUT2D eigenvalue weighted by molar-refractivity contribution is 7.19. The molecule has 0 atom stereocenters. The van der Waals surface area contributed by atoms with Crippen LogP contribution in [0.25, 0.3) is 15.8 Å². The molecule has 4 aromatic rings. The van der Waals surface area contributed by atoms with E-state index in [1.165, 1.54) is 12.1 Å². The van der Waals surface area contributed by atoms with Crippen LogP contribution in [0.1, 0.15) is 32.2 Å². The van der Waals surface area contributed by atoms with Gasteiger partial charge in [0.1, 0.15) is 11.4 Å². The smallest absolute Gasteiger partial charge is 0.339 e. The summed E-state index contributed by atoms with van der Waals surface area (Å²) in [4.78, 5) is 12.6. The van der Waals surface area contributed by atoms with Crippen LogP contribution in [-0.4, -0.2) is 20.9 Å². The van der Waals surface area contributed by atoms with E-state index in [0.717, 1.165) is 26.2 Å². The molecule has 2 heterocycles. The predicted molar refractivity (Wildman–Crippen MR) is 110 cm³/mol. The number of hydrogen-bond acceptors (Lipinski definition) is 3. The van der Waals surface area contributed by atoms with E-state index < -0.39 is 5.97 Å². The molecule has 1 N–H and O–H groups in total. The fourth-order valence-electron chi connectivity index (χ4n) is 3.47. The topological polar surface area (TPSA) is 55.1 Å². The first-order valence-electron chi connectivity index (χ1n) is 8.60. The molecule has 0 unspecified atom stereocenters. The lowest BCUT2D eigenvalue weighted by molar-refractivity contribution is 0.0695. The van der Waals surface area contributed by atoms with Crippen molar-refractivity contribution in [2.75, 3.05) is 0 Å². The fraction of sp³-hybridized carbons (Fsp3) is 0.143. The van der Waals surface area contributed by atoms with Crippen molar-refractivity contribution in [1.82, 2.24) is 9.78 Å². The Kier molecular flexibility index (Phi) is 4.69. The fourth-order valence-corrected chi connectivity index (χ4v) is 4.83. The van der Waals surface area contributed by atoms with Crippen LogP contribution in [-0.2, 0) is 6.42 Å². The Labute approximate surface area is 169 Å². The normalized spacial score (nSPS) is 11.3. The Balaban J connectivity index is 1.80. The Morgan fingerprint density at radius 2 is 2.04 bits per heavy atom. The number of benzene rings is 2. The van der Waals surface area contributed by atoms with E-state index in [2.05, 4.69) is 5.10 Å². The number of fused-ring (bicyclic) bond motifs is 1. The standard InChI is InChI=1S/C21H16ClFN2O2S/c1-11-20(21(26)27)12(2)25(24-11)18-4-3-5-19-17(18)10-16(28-19)8-13-6-14(22)9-15(23)7-13/h3-7,9-10H,8H2,1-2H3,(H,26,27). The van der Waals surface area contributed by atoms with E-state index >= 15 is 0 Å². The molecule has 0 aliphatic heterocycles. The minimum absolute atomic E-state index is 0.224. The Hall–Kier alpha value is -2.70. The first-order valence-corrected chi connectivity index (χ1v) is 9.79. The Morgan fingerprint density at radius 3 is 2.71 bits per heavy atom. The van der Waals surface area contributed by atoms with Gasteiger partial charge in [-0.05, 0) is 55.8 Å². The van der Waals surface area contributed by atoms with Crippen molar-refractivity contribution in [3.63, 3.8) is 0 Å². The number of thiophene rings is 1. The van der Waals surface area contributed by atoms with Crippen LogP contribution >= 0.6 is 22.9 Å². The number of carboxylic acids is 1. The number of aryl methyl sites for hydroxylation is 1. The summed E-state index contributed by atoms with van der Waals surface area (Å²) >= 11 is 7.58. The van der Waals surface area contributed by atoms with E-state index in [1.807, 2.05) is 24.3 Å². The summed E-state index contributed by atoms with van der Waals surface area (Å²) in [6, 6.07) is 12.4. The molecule has 4 rings (SSSR count). The molecule has 2 aromatic carbocycles. The van der Waals surface area contributed by atoms with E-state index in [9.17, 15) is 14.3 Å². The van der Waals surface area contributed by atoms with Gasteiger partial charge in [-0.3, -0.25) is 0 Å². The predicted octanol–water partition coefficient (Wildman–Crippen LogP) is 5.79. The van der Waals surface area contributed by atoms with Gasteiger partial charge >= 0.3 is 5.97 Å². The van der Waals surface area contributed by atoms with Gasteiger partial charge < -0.3 is 5.11 Å². The Morgan fingerprint density at radius 1 is 1.25 bits per heavy atom. The SMILES string of the molecule is Cc1nn(-c2cccc3sc(Cc4cc(F)cc(Cl)c4)cc23)c(C)c1C(=O)O. The van der Waals surface area contributed by atoms with Crippen molar-refractivity contribution >= 4 is 39.0 Å². The van der Waals surface area contributed by atoms with Gasteiger partial charge in [0.15, 0.2) is 0 Å². The molecule has 0 radical (unpaired) electrons. The van der Waals surface area contributed by atoms with Crippen LogP contribution in [0.3, 0.4) is 0 Å². The average Bonchev–Trinajstić information content (AvgIpc) is 3.13. The summed E-state index contributed by atoms with van der Waals surface area (Å²) in [5.74, 6) is -1.34. The van der Waals surface area contributed by atoms with Gasteiger partial charge in [-0.1, -0.05) is 17.7 Å². The number of aromatic carboxylic acids is 1. The largest absolute Gasteiger partial charge is 0.478 e. The molecule has 0 bridgehead atoms. The van der Waals surface area contributed by atoms with Crippen molar-refractivity contribution < 1.29 is 14.3 Å². The molecular weight excluding hydrogens is 399 g/mol. The Bertz CT molecular complexity index is 1210. The summed E-state index contributed by atoms with van der Waals surface area (Å²) in [6.45, 7) is 3.45. The lowest BCUT2D eigenvalue weighted by Crippen LogP contribution is -2.02. The maximum absolute atomic E-state index is 13.6. The lowest BCUT2D eigenvalue weighted by atomic mass is 10.1. The summed E-state index contributed by atoms with van der Waals surface area (Å²) < 4.78 is 16.4. The summed E-state index contributed by atoms with van der Waals surface area (Å²) in [7, 11) is 0. The van der Waals surface area contributed by atoms with E-state index in [-0.39, 0.29) is 11.4 Å². The van der Waals surface area contributed by atoms with Gasteiger partial charge in [-0.25, -0.2) is 13.9 Å². The molecular formula is C21H16ClFN2O2S. The second-order valence-corrected chi connectivity index (χ2v) is 8.22. The molecule has 4 nitrogen and oxygen atoms in total. The molecule has 28 heavy (non-hydrogen) atoms. The van der Waals surface area contributed by atoms with Crippen LogP contribution < -0.4 is 0 Å². The highest BCUT2D eigenvalue weighted by atomic mass is 35.5. The first kappa shape index (κ1) is 18.7. The number of rotatable bonds is 4. The quantitative estimate of drug-likeness (QED) is 0.460. The maximum Gasteiger partial charge on any atom is 0.339 e. The highest BCUT2D eigenvalue weighted by Gasteiger charge is 2.20. The molecule has 2 aromatic heterocycles. The van der Waals surface area contributed by atoms with E-state index in [1.54, 1.807) is 35.9 Å². The third-order valence-electron chi connectivity index (χ3n) is 4.62. The first-order chi connectivity index (χ1) is 13.3. The number of nitrogens with zero attached hydrogens (tertiary/aromatic N) is 2. The van der Waals surface area contributed by atoms with Crippen LogP contribution in [0, 0.1) is 19.7 Å². The van der Waals surface area contributed by atoms with Crippen molar-refractivity contribution in [2.24, 2.45) is 0 Å². The van der Waals surface area contributed by atoms with Gasteiger partial charge in [0, 0.05) is 26.4 Å². The minimum Gasteiger partial charge on any atom is -0.478 e.